The van der Waals surface area contributed by atoms with Crippen LogP contribution in [0.15, 0.2) is 12.3 Å². The number of nitrogens with zero attached hydrogens (tertiary/aromatic N) is 3. The van der Waals surface area contributed by atoms with Gasteiger partial charge < -0.3 is 15.6 Å². The highest BCUT2D eigenvalue weighted by Gasteiger charge is 2.33. The van der Waals surface area contributed by atoms with Crippen molar-refractivity contribution in [3.63, 3.8) is 0 Å². The Morgan fingerprint density at radius 2 is 2.14 bits per heavy atom. The standard InChI is InChI=1S/C12H13ClF3N5/c1-21-5-8(6-21)18-4-7(3-17)9-2-10(12(14,15)16)20-11(13)19-9/h2-4,8,17-18H,5-6H2,1H3/b7-4+,17-3?. The van der Waals surface area contributed by atoms with Gasteiger partial charge in [0.05, 0.1) is 11.7 Å². The first-order chi connectivity index (χ1) is 9.79. The molecule has 0 unspecified atom stereocenters. The largest absolute Gasteiger partial charge is 0.433 e. The summed E-state index contributed by atoms with van der Waals surface area (Å²) >= 11 is 5.53. The van der Waals surface area contributed by atoms with Gasteiger partial charge in [-0.3, -0.25) is 0 Å². The van der Waals surface area contributed by atoms with Gasteiger partial charge in [0.15, 0.2) is 0 Å². The Kier molecular flexibility index (Phi) is 4.48. The van der Waals surface area contributed by atoms with Crippen LogP contribution < -0.4 is 5.32 Å². The van der Waals surface area contributed by atoms with Gasteiger partial charge in [-0.25, -0.2) is 9.97 Å². The van der Waals surface area contributed by atoms with Gasteiger partial charge in [-0.15, -0.1) is 0 Å². The monoisotopic (exact) mass is 319 g/mol. The van der Waals surface area contributed by atoms with Gasteiger partial charge in [-0.2, -0.15) is 13.2 Å². The Balaban J connectivity index is 2.23. The van der Waals surface area contributed by atoms with Crippen molar-refractivity contribution < 1.29 is 13.2 Å². The third-order valence-corrected chi connectivity index (χ3v) is 3.15. The van der Waals surface area contributed by atoms with Crippen LogP contribution in [0.1, 0.15) is 11.4 Å². The first-order valence-corrected chi connectivity index (χ1v) is 6.45. The third-order valence-electron chi connectivity index (χ3n) is 2.98. The Hall–Kier alpha value is -1.67. The van der Waals surface area contributed by atoms with Gasteiger partial charge in [0.25, 0.3) is 0 Å². The van der Waals surface area contributed by atoms with Crippen LogP contribution in [-0.2, 0) is 6.18 Å². The van der Waals surface area contributed by atoms with Crippen LogP contribution in [0, 0.1) is 5.41 Å². The molecule has 0 atom stereocenters. The molecule has 5 nitrogen and oxygen atoms in total. The molecule has 0 amide bonds. The molecule has 114 valence electrons. The maximum Gasteiger partial charge on any atom is 0.433 e. The summed E-state index contributed by atoms with van der Waals surface area (Å²) in [6, 6.07) is 0.987. The summed E-state index contributed by atoms with van der Waals surface area (Å²) in [6.45, 7) is 1.67. The average molecular weight is 320 g/mol. The normalized spacial score (nSPS) is 17.5. The molecular weight excluding hydrogens is 307 g/mol. The summed E-state index contributed by atoms with van der Waals surface area (Å²) in [6.07, 6.45) is -2.21. The lowest BCUT2D eigenvalue weighted by Crippen LogP contribution is -2.54. The van der Waals surface area contributed by atoms with Crippen molar-refractivity contribution in [2.45, 2.75) is 12.2 Å². The molecule has 9 heteroatoms. The van der Waals surface area contributed by atoms with Crippen molar-refractivity contribution in [2.24, 2.45) is 0 Å². The molecule has 1 aliphatic rings. The molecule has 0 bridgehead atoms. The molecule has 2 N–H and O–H groups in total. The Morgan fingerprint density at radius 3 is 2.67 bits per heavy atom. The number of nitrogens with one attached hydrogen (secondary N) is 2. The number of allylic oxidation sites excluding steroid dienone is 1. The van der Waals surface area contributed by atoms with Gasteiger partial charge in [-0.05, 0) is 24.7 Å². The lowest BCUT2D eigenvalue weighted by Gasteiger charge is -2.36. The van der Waals surface area contributed by atoms with E-state index in [2.05, 4.69) is 20.2 Å². The number of aromatic nitrogens is 2. The molecule has 2 rings (SSSR count). The van der Waals surface area contributed by atoms with E-state index in [1.165, 1.54) is 6.20 Å². The van der Waals surface area contributed by atoms with Gasteiger partial charge in [0.1, 0.15) is 5.69 Å². The van der Waals surface area contributed by atoms with E-state index in [0.717, 1.165) is 25.4 Å². The van der Waals surface area contributed by atoms with E-state index in [1.54, 1.807) is 0 Å². The summed E-state index contributed by atoms with van der Waals surface area (Å²) in [5.74, 6) is 0. The molecular formula is C12H13ClF3N5. The fraction of sp³-hybridized carbons (Fsp3) is 0.417. The molecule has 0 aliphatic carbocycles. The summed E-state index contributed by atoms with van der Waals surface area (Å²) in [5.41, 5.74) is -0.967. The van der Waals surface area contributed by atoms with E-state index in [0.29, 0.717) is 0 Å². The number of likely N-dealkylation sites (N-methyl/N-ethyl adjacent to an activating group) is 1. The van der Waals surface area contributed by atoms with E-state index in [-0.39, 0.29) is 17.3 Å². The molecule has 0 aromatic carbocycles. The topological polar surface area (TPSA) is 64.9 Å². The Bertz CT molecular complexity index is 567. The van der Waals surface area contributed by atoms with Crippen molar-refractivity contribution in [1.29, 1.82) is 5.41 Å². The second-order valence-corrected chi connectivity index (χ2v) is 5.07. The highest BCUT2D eigenvalue weighted by molar-refractivity contribution is 6.28. The number of halogens is 4. The van der Waals surface area contributed by atoms with Crippen LogP contribution in [0.2, 0.25) is 5.28 Å². The molecule has 2 heterocycles. The Labute approximate surface area is 124 Å². The minimum absolute atomic E-state index is 0.0440. The van der Waals surface area contributed by atoms with Gasteiger partial charge in [0, 0.05) is 31.1 Å². The fourth-order valence-corrected chi connectivity index (χ4v) is 2.09. The van der Waals surface area contributed by atoms with Crippen molar-refractivity contribution in [2.75, 3.05) is 20.1 Å². The van der Waals surface area contributed by atoms with Crippen LogP contribution in [0.4, 0.5) is 13.2 Å². The predicted octanol–water partition coefficient (Wildman–Crippen LogP) is 2.04. The first kappa shape index (κ1) is 15.7. The molecule has 1 aromatic heterocycles. The minimum atomic E-state index is -4.61. The number of hydrogen-bond acceptors (Lipinski definition) is 5. The van der Waals surface area contributed by atoms with E-state index in [4.69, 9.17) is 17.0 Å². The van der Waals surface area contributed by atoms with E-state index in [9.17, 15) is 13.2 Å². The van der Waals surface area contributed by atoms with E-state index < -0.39 is 17.2 Å². The van der Waals surface area contributed by atoms with Crippen LogP contribution in [0.25, 0.3) is 5.57 Å². The van der Waals surface area contributed by atoms with Crippen molar-refractivity contribution in [1.82, 2.24) is 20.2 Å². The molecule has 21 heavy (non-hydrogen) atoms. The van der Waals surface area contributed by atoms with Gasteiger partial charge in [0.2, 0.25) is 5.28 Å². The van der Waals surface area contributed by atoms with Crippen molar-refractivity contribution in [3.05, 3.63) is 28.9 Å². The number of hydrogen-bond donors (Lipinski definition) is 2. The zero-order valence-corrected chi connectivity index (χ0v) is 11.8. The average Bonchev–Trinajstić information content (AvgIpc) is 2.35. The SMILES string of the molecule is CN1CC(N/C=C(\C=N)c2cc(C(F)(F)F)nc(Cl)n2)C1. The van der Waals surface area contributed by atoms with Crippen molar-refractivity contribution >= 4 is 23.4 Å². The number of likely N-dealkylation sites (tertiary alicyclic amines) is 1. The third kappa shape index (κ3) is 3.92. The molecule has 0 saturated carbocycles. The molecule has 1 aliphatic heterocycles. The van der Waals surface area contributed by atoms with Crippen LogP contribution in [-0.4, -0.2) is 47.3 Å². The number of alkyl halides is 3. The van der Waals surface area contributed by atoms with E-state index >= 15 is 0 Å². The molecule has 1 aromatic rings. The highest BCUT2D eigenvalue weighted by atomic mass is 35.5. The zero-order valence-electron chi connectivity index (χ0n) is 11.1. The molecule has 0 spiro atoms. The van der Waals surface area contributed by atoms with Crippen LogP contribution in [0.3, 0.4) is 0 Å². The van der Waals surface area contributed by atoms with Crippen LogP contribution in [0.5, 0.6) is 0 Å². The quantitative estimate of drug-likeness (QED) is 0.658. The Morgan fingerprint density at radius 1 is 1.48 bits per heavy atom. The van der Waals surface area contributed by atoms with Gasteiger partial charge >= 0.3 is 6.18 Å². The maximum absolute atomic E-state index is 12.7. The molecule has 1 saturated heterocycles. The summed E-state index contributed by atoms with van der Waals surface area (Å²) in [7, 11) is 1.96. The fourth-order valence-electron chi connectivity index (χ4n) is 1.91. The second kappa shape index (κ2) is 5.98. The summed E-state index contributed by atoms with van der Waals surface area (Å²) < 4.78 is 38.1. The smallest absolute Gasteiger partial charge is 0.385 e. The lowest BCUT2D eigenvalue weighted by molar-refractivity contribution is -0.141. The second-order valence-electron chi connectivity index (χ2n) is 4.73. The molecule has 1 fully saturated rings. The minimum Gasteiger partial charge on any atom is -0.385 e. The number of rotatable bonds is 4. The summed E-state index contributed by atoms with van der Waals surface area (Å²) in [5, 5.41) is 9.86. The lowest BCUT2D eigenvalue weighted by atomic mass is 10.1. The van der Waals surface area contributed by atoms with Crippen molar-refractivity contribution in [3.8, 4) is 0 Å². The predicted molar refractivity (Wildman–Crippen MR) is 73.2 cm³/mol. The highest BCUT2D eigenvalue weighted by Crippen LogP contribution is 2.29. The van der Waals surface area contributed by atoms with Crippen LogP contribution >= 0.6 is 11.6 Å². The zero-order chi connectivity index (χ0) is 15.6. The summed E-state index contributed by atoms with van der Waals surface area (Å²) in [4.78, 5) is 8.98. The van der Waals surface area contributed by atoms with Gasteiger partial charge in [-0.1, -0.05) is 0 Å². The van der Waals surface area contributed by atoms with E-state index in [1.807, 2.05) is 7.05 Å². The molecule has 0 radical (unpaired) electrons. The maximum atomic E-state index is 12.7. The first-order valence-electron chi connectivity index (χ1n) is 6.07.